The lowest BCUT2D eigenvalue weighted by molar-refractivity contribution is 0.272. The lowest BCUT2D eigenvalue weighted by atomic mass is 10.3. The van der Waals surface area contributed by atoms with E-state index in [9.17, 15) is 13.2 Å². The summed E-state index contributed by atoms with van der Waals surface area (Å²) in [6, 6.07) is 1.14. The molecule has 0 saturated carbocycles. The van der Waals surface area contributed by atoms with E-state index in [-0.39, 0.29) is 6.61 Å². The molecule has 2 nitrogen and oxygen atoms in total. The third-order valence-corrected chi connectivity index (χ3v) is 2.54. The van der Waals surface area contributed by atoms with E-state index in [1.165, 1.54) is 11.3 Å². The molecular weight excluding hydrogens is 239 g/mol. The first-order valence-electron chi connectivity index (χ1n) is 4.32. The van der Waals surface area contributed by atoms with Crippen LogP contribution in [-0.2, 0) is 6.61 Å². The lowest BCUT2D eigenvalue weighted by Crippen LogP contribution is -2.00. The van der Waals surface area contributed by atoms with Gasteiger partial charge in [-0.1, -0.05) is 0 Å². The van der Waals surface area contributed by atoms with E-state index in [1.54, 1.807) is 11.6 Å². The molecule has 84 valence electrons. The fourth-order valence-corrected chi connectivity index (χ4v) is 1.65. The molecule has 0 unspecified atom stereocenters. The average Bonchev–Trinajstić information content (AvgIpc) is 2.68. The third-order valence-electron chi connectivity index (χ3n) is 1.79. The van der Waals surface area contributed by atoms with Gasteiger partial charge in [0.15, 0.2) is 17.4 Å². The van der Waals surface area contributed by atoms with Gasteiger partial charge in [-0.25, -0.2) is 18.2 Å². The molecule has 1 heterocycles. The van der Waals surface area contributed by atoms with Crippen molar-refractivity contribution in [3.63, 3.8) is 0 Å². The van der Waals surface area contributed by atoms with Crippen LogP contribution in [0, 0.1) is 17.5 Å². The molecule has 0 radical (unpaired) electrons. The molecule has 1 aromatic carbocycles. The number of hydrogen-bond acceptors (Lipinski definition) is 3. The minimum atomic E-state index is -1.06. The fourth-order valence-electron chi connectivity index (χ4n) is 1.13. The second kappa shape index (κ2) is 4.52. The Hall–Kier alpha value is -1.56. The number of thiazole rings is 1. The second-order valence-electron chi connectivity index (χ2n) is 2.91. The molecular formula is C10H6F3NOS. The van der Waals surface area contributed by atoms with Crippen molar-refractivity contribution in [2.75, 3.05) is 0 Å². The molecule has 16 heavy (non-hydrogen) atoms. The summed E-state index contributed by atoms with van der Waals surface area (Å²) in [5.74, 6) is -3.68. The van der Waals surface area contributed by atoms with Crippen LogP contribution in [0.4, 0.5) is 13.2 Å². The predicted molar refractivity (Wildman–Crippen MR) is 52.8 cm³/mol. The monoisotopic (exact) mass is 245 g/mol. The Morgan fingerprint density at radius 3 is 2.44 bits per heavy atom. The maximum absolute atomic E-state index is 13.1. The fraction of sp³-hybridized carbons (Fsp3) is 0.100. The summed E-state index contributed by atoms with van der Waals surface area (Å²) in [5.41, 5.74) is 0. The molecule has 0 aliphatic heterocycles. The van der Waals surface area contributed by atoms with Crippen molar-refractivity contribution in [3.05, 3.63) is 46.2 Å². The molecule has 0 bridgehead atoms. The highest BCUT2D eigenvalue weighted by Crippen LogP contribution is 2.23. The van der Waals surface area contributed by atoms with E-state index in [2.05, 4.69) is 4.98 Å². The predicted octanol–water partition coefficient (Wildman–Crippen LogP) is 3.14. The SMILES string of the molecule is Fc1cc(F)c(OCc2nccs2)c(F)c1. The van der Waals surface area contributed by atoms with Gasteiger partial charge in [0.25, 0.3) is 0 Å². The average molecular weight is 245 g/mol. The zero-order valence-electron chi connectivity index (χ0n) is 7.91. The van der Waals surface area contributed by atoms with Crippen LogP contribution < -0.4 is 4.74 Å². The van der Waals surface area contributed by atoms with Crippen LogP contribution in [0.1, 0.15) is 5.01 Å². The van der Waals surface area contributed by atoms with Gasteiger partial charge in [-0.3, -0.25) is 0 Å². The van der Waals surface area contributed by atoms with Gasteiger partial charge in [-0.2, -0.15) is 0 Å². The molecule has 6 heteroatoms. The van der Waals surface area contributed by atoms with Crippen LogP contribution in [-0.4, -0.2) is 4.98 Å². The van der Waals surface area contributed by atoms with E-state index in [4.69, 9.17) is 4.74 Å². The van der Waals surface area contributed by atoms with Gasteiger partial charge in [0, 0.05) is 23.7 Å². The van der Waals surface area contributed by atoms with Gasteiger partial charge in [0.05, 0.1) is 0 Å². The van der Waals surface area contributed by atoms with Gasteiger partial charge in [0.1, 0.15) is 17.4 Å². The van der Waals surface area contributed by atoms with Crippen LogP contribution in [0.2, 0.25) is 0 Å². The first-order chi connectivity index (χ1) is 7.66. The van der Waals surface area contributed by atoms with Crippen molar-refractivity contribution in [1.82, 2.24) is 4.98 Å². The van der Waals surface area contributed by atoms with Crippen molar-refractivity contribution in [2.24, 2.45) is 0 Å². The van der Waals surface area contributed by atoms with Crippen LogP contribution >= 0.6 is 11.3 Å². The molecule has 0 amide bonds. The number of nitrogens with zero attached hydrogens (tertiary/aromatic N) is 1. The molecule has 0 aliphatic rings. The van der Waals surface area contributed by atoms with Crippen molar-refractivity contribution < 1.29 is 17.9 Å². The molecule has 0 aliphatic carbocycles. The van der Waals surface area contributed by atoms with Crippen molar-refractivity contribution in [3.8, 4) is 5.75 Å². The van der Waals surface area contributed by atoms with Gasteiger partial charge in [0.2, 0.25) is 0 Å². The van der Waals surface area contributed by atoms with Crippen molar-refractivity contribution >= 4 is 11.3 Å². The van der Waals surface area contributed by atoms with Gasteiger partial charge < -0.3 is 4.74 Å². The Bertz CT molecular complexity index is 464. The van der Waals surface area contributed by atoms with Crippen LogP contribution in [0.25, 0.3) is 0 Å². The quantitative estimate of drug-likeness (QED) is 0.828. The minimum absolute atomic E-state index is 0.0445. The maximum Gasteiger partial charge on any atom is 0.191 e. The number of hydrogen-bond donors (Lipinski definition) is 0. The molecule has 0 spiro atoms. The first-order valence-corrected chi connectivity index (χ1v) is 5.20. The summed E-state index contributed by atoms with van der Waals surface area (Å²) in [6.45, 7) is -0.0445. The van der Waals surface area contributed by atoms with Gasteiger partial charge in [-0.05, 0) is 0 Å². The Morgan fingerprint density at radius 1 is 1.19 bits per heavy atom. The van der Waals surface area contributed by atoms with Crippen LogP contribution in [0.5, 0.6) is 5.75 Å². The normalized spacial score (nSPS) is 10.4. The molecule has 2 aromatic rings. The maximum atomic E-state index is 13.1. The number of aromatic nitrogens is 1. The Kier molecular flexibility index (Phi) is 3.09. The molecule has 0 N–H and O–H groups in total. The van der Waals surface area contributed by atoms with E-state index in [0.717, 1.165) is 0 Å². The molecule has 0 saturated heterocycles. The molecule has 0 atom stereocenters. The highest BCUT2D eigenvalue weighted by molar-refractivity contribution is 7.09. The summed E-state index contributed by atoms with van der Waals surface area (Å²) in [4.78, 5) is 3.88. The Balaban J connectivity index is 2.15. The summed E-state index contributed by atoms with van der Waals surface area (Å²) in [5, 5.41) is 2.30. The topological polar surface area (TPSA) is 22.1 Å². The van der Waals surface area contributed by atoms with E-state index < -0.39 is 23.2 Å². The van der Waals surface area contributed by atoms with Gasteiger partial charge in [-0.15, -0.1) is 11.3 Å². The molecule has 1 aromatic heterocycles. The number of rotatable bonds is 3. The summed E-state index contributed by atoms with van der Waals surface area (Å²) >= 11 is 1.30. The van der Waals surface area contributed by atoms with E-state index in [1.807, 2.05) is 0 Å². The minimum Gasteiger partial charge on any atom is -0.480 e. The van der Waals surface area contributed by atoms with E-state index in [0.29, 0.717) is 17.1 Å². The van der Waals surface area contributed by atoms with Gasteiger partial charge >= 0.3 is 0 Å². The largest absolute Gasteiger partial charge is 0.480 e. The molecule has 2 rings (SSSR count). The van der Waals surface area contributed by atoms with Crippen molar-refractivity contribution in [1.29, 1.82) is 0 Å². The summed E-state index contributed by atoms with van der Waals surface area (Å²) in [6.07, 6.45) is 1.56. The smallest absolute Gasteiger partial charge is 0.191 e. The Labute approximate surface area is 93.3 Å². The third kappa shape index (κ3) is 2.33. The second-order valence-corrected chi connectivity index (χ2v) is 3.89. The molecule has 0 fully saturated rings. The zero-order chi connectivity index (χ0) is 11.5. The van der Waals surface area contributed by atoms with Crippen LogP contribution in [0.15, 0.2) is 23.7 Å². The van der Waals surface area contributed by atoms with E-state index >= 15 is 0 Å². The lowest BCUT2D eigenvalue weighted by Gasteiger charge is -2.06. The standard InChI is InChI=1S/C10H6F3NOS/c11-6-3-7(12)10(8(13)4-6)15-5-9-14-1-2-16-9/h1-4H,5H2. The summed E-state index contributed by atoms with van der Waals surface area (Å²) in [7, 11) is 0. The summed E-state index contributed by atoms with van der Waals surface area (Å²) < 4.78 is 43.7. The number of halogens is 3. The first kappa shape index (κ1) is 10.9. The van der Waals surface area contributed by atoms with Crippen molar-refractivity contribution in [2.45, 2.75) is 6.61 Å². The Morgan fingerprint density at radius 2 is 1.88 bits per heavy atom. The zero-order valence-corrected chi connectivity index (χ0v) is 8.73. The van der Waals surface area contributed by atoms with Crippen LogP contribution in [0.3, 0.4) is 0 Å². The highest BCUT2D eigenvalue weighted by Gasteiger charge is 2.13. The number of ether oxygens (including phenoxy) is 1. The highest BCUT2D eigenvalue weighted by atomic mass is 32.1. The number of benzene rings is 1.